The Labute approximate surface area is 186 Å². The van der Waals surface area contributed by atoms with Gasteiger partial charge in [0.1, 0.15) is 10.7 Å². The first-order chi connectivity index (χ1) is 14.7. The summed E-state index contributed by atoms with van der Waals surface area (Å²) in [7, 11) is -1.26. The van der Waals surface area contributed by atoms with Crippen LogP contribution in [0.2, 0.25) is 5.02 Å². The molecule has 8 heteroatoms. The molecule has 0 radical (unpaired) electrons. The third kappa shape index (κ3) is 5.31. The van der Waals surface area contributed by atoms with E-state index >= 15 is 0 Å². The highest BCUT2D eigenvalue weighted by Crippen LogP contribution is 2.27. The second-order valence-corrected chi connectivity index (χ2v) is 9.58. The van der Waals surface area contributed by atoms with Crippen molar-refractivity contribution in [3.8, 4) is 0 Å². The molecule has 0 aromatic heterocycles. The van der Waals surface area contributed by atoms with Crippen LogP contribution >= 0.6 is 11.6 Å². The minimum absolute atomic E-state index is 0.0580. The lowest BCUT2D eigenvalue weighted by molar-refractivity contribution is 0.0785. The van der Waals surface area contributed by atoms with Crippen LogP contribution in [0.5, 0.6) is 0 Å². The zero-order valence-corrected chi connectivity index (χ0v) is 18.7. The molecule has 3 aromatic rings. The van der Waals surface area contributed by atoms with E-state index in [2.05, 4.69) is 0 Å². The molecule has 0 spiro atoms. The van der Waals surface area contributed by atoms with Crippen LogP contribution in [0.3, 0.4) is 0 Å². The highest BCUT2D eigenvalue weighted by Gasteiger charge is 2.28. The standard InChI is InChI=1S/C23H22ClFN2O3S/c1-26(15-17-9-5-3-6-10-17)23(28)19-13-22(21(25)14-20(19)24)31(29,30)27(2)16-18-11-7-4-8-12-18/h3-14H,15-16H2,1-2H3. The summed E-state index contributed by atoms with van der Waals surface area (Å²) >= 11 is 6.11. The van der Waals surface area contributed by atoms with Gasteiger partial charge < -0.3 is 4.90 Å². The molecule has 0 heterocycles. The predicted octanol–water partition coefficient (Wildman–Crippen LogP) is 4.57. The number of carbonyl (C=O) groups is 1. The number of rotatable bonds is 7. The Morgan fingerprint density at radius 2 is 1.42 bits per heavy atom. The molecule has 162 valence electrons. The number of carbonyl (C=O) groups excluding carboxylic acids is 1. The lowest BCUT2D eigenvalue weighted by Gasteiger charge is -2.21. The van der Waals surface area contributed by atoms with E-state index in [-0.39, 0.29) is 17.1 Å². The van der Waals surface area contributed by atoms with E-state index in [0.717, 1.165) is 27.6 Å². The fourth-order valence-corrected chi connectivity index (χ4v) is 4.58. The molecule has 0 saturated heterocycles. The third-order valence-electron chi connectivity index (χ3n) is 4.80. The van der Waals surface area contributed by atoms with Crippen molar-refractivity contribution in [2.75, 3.05) is 14.1 Å². The molecule has 3 rings (SSSR count). The van der Waals surface area contributed by atoms with Crippen molar-refractivity contribution in [3.05, 3.63) is 100 Å². The van der Waals surface area contributed by atoms with E-state index < -0.39 is 26.6 Å². The average Bonchev–Trinajstić information content (AvgIpc) is 2.74. The average molecular weight is 461 g/mol. The van der Waals surface area contributed by atoms with Crippen LogP contribution in [-0.2, 0) is 23.1 Å². The molecule has 0 unspecified atom stereocenters. The monoisotopic (exact) mass is 460 g/mol. The van der Waals surface area contributed by atoms with Gasteiger partial charge in [-0.15, -0.1) is 0 Å². The van der Waals surface area contributed by atoms with Crippen LogP contribution in [0.25, 0.3) is 0 Å². The van der Waals surface area contributed by atoms with E-state index in [1.165, 1.54) is 11.9 Å². The van der Waals surface area contributed by atoms with Crippen molar-refractivity contribution in [3.63, 3.8) is 0 Å². The number of amides is 1. The summed E-state index contributed by atoms with van der Waals surface area (Å²) < 4.78 is 41.7. The Balaban J connectivity index is 1.90. The summed E-state index contributed by atoms with van der Waals surface area (Å²) in [4.78, 5) is 13.7. The van der Waals surface area contributed by atoms with E-state index in [1.807, 2.05) is 36.4 Å². The van der Waals surface area contributed by atoms with Gasteiger partial charge in [-0.25, -0.2) is 12.8 Å². The van der Waals surface area contributed by atoms with Crippen LogP contribution in [0, 0.1) is 5.82 Å². The van der Waals surface area contributed by atoms with Crippen molar-refractivity contribution in [2.45, 2.75) is 18.0 Å². The van der Waals surface area contributed by atoms with E-state index in [9.17, 15) is 17.6 Å². The fourth-order valence-electron chi connectivity index (χ4n) is 3.12. The second kappa shape index (κ2) is 9.60. The van der Waals surface area contributed by atoms with Crippen LogP contribution < -0.4 is 0 Å². The SMILES string of the molecule is CN(Cc1ccccc1)C(=O)c1cc(S(=O)(=O)N(C)Cc2ccccc2)c(F)cc1Cl. The minimum atomic E-state index is -4.20. The van der Waals surface area contributed by atoms with Crippen LogP contribution in [0.1, 0.15) is 21.5 Å². The maximum absolute atomic E-state index is 14.6. The molecule has 0 saturated carbocycles. The van der Waals surface area contributed by atoms with Crippen LogP contribution in [0.4, 0.5) is 4.39 Å². The fraction of sp³-hybridized carbons (Fsp3) is 0.174. The van der Waals surface area contributed by atoms with Gasteiger partial charge in [-0.1, -0.05) is 72.3 Å². The molecular weight excluding hydrogens is 439 g/mol. The van der Waals surface area contributed by atoms with Crippen molar-refractivity contribution >= 4 is 27.5 Å². The molecule has 0 aliphatic rings. The maximum Gasteiger partial charge on any atom is 0.255 e. The Morgan fingerprint density at radius 1 is 0.903 bits per heavy atom. The zero-order chi connectivity index (χ0) is 22.6. The van der Waals surface area contributed by atoms with Crippen molar-refractivity contribution in [1.82, 2.24) is 9.21 Å². The first-order valence-corrected chi connectivity index (χ1v) is 11.3. The van der Waals surface area contributed by atoms with Gasteiger partial charge in [0.25, 0.3) is 5.91 Å². The molecule has 0 atom stereocenters. The van der Waals surface area contributed by atoms with Gasteiger partial charge in [0, 0.05) is 27.2 Å². The first kappa shape index (κ1) is 22.9. The number of sulfonamides is 1. The molecule has 0 aliphatic carbocycles. The van der Waals surface area contributed by atoms with Crippen molar-refractivity contribution in [2.24, 2.45) is 0 Å². The lowest BCUT2D eigenvalue weighted by atomic mass is 10.1. The summed E-state index contributed by atoms with van der Waals surface area (Å²) in [5, 5.41) is -0.146. The highest BCUT2D eigenvalue weighted by atomic mass is 35.5. The van der Waals surface area contributed by atoms with Gasteiger partial charge in [0.05, 0.1) is 10.6 Å². The Bertz CT molecular complexity index is 1170. The van der Waals surface area contributed by atoms with Gasteiger partial charge in [-0.3, -0.25) is 4.79 Å². The molecule has 0 fully saturated rings. The molecule has 31 heavy (non-hydrogen) atoms. The van der Waals surface area contributed by atoms with Crippen molar-refractivity contribution < 1.29 is 17.6 Å². The molecule has 0 N–H and O–H groups in total. The predicted molar refractivity (Wildman–Crippen MR) is 119 cm³/mol. The van der Waals surface area contributed by atoms with E-state index in [0.29, 0.717) is 6.54 Å². The van der Waals surface area contributed by atoms with Gasteiger partial charge in [0.2, 0.25) is 10.0 Å². The van der Waals surface area contributed by atoms with Gasteiger partial charge >= 0.3 is 0 Å². The minimum Gasteiger partial charge on any atom is -0.337 e. The summed E-state index contributed by atoms with van der Waals surface area (Å²) in [5.74, 6) is -1.51. The highest BCUT2D eigenvalue weighted by molar-refractivity contribution is 7.89. The molecule has 1 amide bonds. The molecule has 3 aromatic carbocycles. The zero-order valence-electron chi connectivity index (χ0n) is 17.1. The largest absolute Gasteiger partial charge is 0.337 e. The smallest absolute Gasteiger partial charge is 0.255 e. The number of hydrogen-bond donors (Lipinski definition) is 0. The summed E-state index contributed by atoms with van der Waals surface area (Å²) in [6.07, 6.45) is 0. The lowest BCUT2D eigenvalue weighted by Crippen LogP contribution is -2.29. The Kier molecular flexibility index (Phi) is 7.10. The van der Waals surface area contributed by atoms with E-state index in [4.69, 9.17) is 11.6 Å². The maximum atomic E-state index is 14.6. The number of benzene rings is 3. The number of nitrogens with zero attached hydrogens (tertiary/aromatic N) is 2. The number of halogens is 2. The van der Waals surface area contributed by atoms with Crippen molar-refractivity contribution in [1.29, 1.82) is 0 Å². The van der Waals surface area contributed by atoms with Gasteiger partial charge in [0.15, 0.2) is 0 Å². The van der Waals surface area contributed by atoms with Gasteiger partial charge in [-0.05, 0) is 23.3 Å². The Morgan fingerprint density at radius 3 is 1.97 bits per heavy atom. The Hall–Kier alpha value is -2.74. The van der Waals surface area contributed by atoms with Crippen LogP contribution in [-0.4, -0.2) is 37.6 Å². The molecule has 0 bridgehead atoms. The normalized spacial score (nSPS) is 11.5. The summed E-state index contributed by atoms with van der Waals surface area (Å²) in [5.41, 5.74) is 1.57. The molecular formula is C23H22ClFN2O3S. The number of hydrogen-bond acceptors (Lipinski definition) is 3. The van der Waals surface area contributed by atoms with Gasteiger partial charge in [-0.2, -0.15) is 4.31 Å². The summed E-state index contributed by atoms with van der Waals surface area (Å²) in [6, 6.07) is 20.1. The topological polar surface area (TPSA) is 57.7 Å². The first-order valence-electron chi connectivity index (χ1n) is 9.49. The van der Waals surface area contributed by atoms with E-state index in [1.54, 1.807) is 31.3 Å². The summed E-state index contributed by atoms with van der Waals surface area (Å²) in [6.45, 7) is 0.353. The third-order valence-corrected chi connectivity index (χ3v) is 6.93. The second-order valence-electron chi connectivity index (χ2n) is 7.16. The van der Waals surface area contributed by atoms with Crippen LogP contribution in [0.15, 0.2) is 77.7 Å². The molecule has 5 nitrogen and oxygen atoms in total. The molecule has 0 aliphatic heterocycles. The quantitative estimate of drug-likeness (QED) is 0.519.